The highest BCUT2D eigenvalue weighted by molar-refractivity contribution is 9.10. The molecule has 0 amide bonds. The summed E-state index contributed by atoms with van der Waals surface area (Å²) < 4.78 is 0.697. The monoisotopic (exact) mass is 249 g/mol. The van der Waals surface area contributed by atoms with E-state index in [0.717, 1.165) is 5.56 Å². The highest BCUT2D eigenvalue weighted by atomic mass is 79.9. The Labute approximate surface area is 84.5 Å². The standard InChI is InChI=1S/C8H9BrClNO/c9-6-4-8(12)5(1-2-11)3-7(6)10/h3-4,12H,1-2,11H2. The Hall–Kier alpha value is -0.250. The topological polar surface area (TPSA) is 46.2 Å². The molecule has 66 valence electrons. The Kier molecular flexibility index (Phi) is 3.38. The van der Waals surface area contributed by atoms with Crippen LogP contribution in [0, 0.1) is 0 Å². The van der Waals surface area contributed by atoms with Crippen molar-refractivity contribution in [1.29, 1.82) is 0 Å². The molecule has 0 saturated carbocycles. The second-order valence-electron chi connectivity index (χ2n) is 2.43. The van der Waals surface area contributed by atoms with Crippen LogP contribution >= 0.6 is 27.5 Å². The van der Waals surface area contributed by atoms with Crippen molar-refractivity contribution in [3.05, 3.63) is 27.2 Å². The summed E-state index contributed by atoms with van der Waals surface area (Å²) in [4.78, 5) is 0. The fourth-order valence-corrected chi connectivity index (χ4v) is 1.45. The summed E-state index contributed by atoms with van der Waals surface area (Å²) in [5.41, 5.74) is 6.13. The molecule has 0 fully saturated rings. The van der Waals surface area contributed by atoms with Crippen molar-refractivity contribution in [1.82, 2.24) is 0 Å². The van der Waals surface area contributed by atoms with Crippen molar-refractivity contribution in [3.8, 4) is 5.75 Å². The van der Waals surface area contributed by atoms with Crippen molar-refractivity contribution in [2.75, 3.05) is 6.54 Å². The van der Waals surface area contributed by atoms with Gasteiger partial charge >= 0.3 is 0 Å². The van der Waals surface area contributed by atoms with E-state index in [9.17, 15) is 5.11 Å². The largest absolute Gasteiger partial charge is 0.508 e. The van der Waals surface area contributed by atoms with Gasteiger partial charge < -0.3 is 10.8 Å². The van der Waals surface area contributed by atoms with Gasteiger partial charge in [-0.05, 0) is 46.6 Å². The summed E-state index contributed by atoms with van der Waals surface area (Å²) in [6.07, 6.45) is 0.638. The summed E-state index contributed by atoms with van der Waals surface area (Å²) in [5.74, 6) is 0.233. The van der Waals surface area contributed by atoms with E-state index in [1.54, 1.807) is 12.1 Å². The van der Waals surface area contributed by atoms with Crippen LogP contribution in [0.15, 0.2) is 16.6 Å². The van der Waals surface area contributed by atoms with Gasteiger partial charge in [0.1, 0.15) is 5.75 Å². The van der Waals surface area contributed by atoms with Crippen LogP contribution in [-0.4, -0.2) is 11.7 Å². The van der Waals surface area contributed by atoms with Crippen LogP contribution in [0.4, 0.5) is 0 Å². The first-order valence-corrected chi connectivity index (χ1v) is 4.69. The molecule has 0 radical (unpaired) electrons. The molecule has 0 saturated heterocycles. The first-order chi connectivity index (χ1) is 5.65. The molecular weight excluding hydrogens is 241 g/mol. The van der Waals surface area contributed by atoms with Crippen molar-refractivity contribution in [2.24, 2.45) is 5.73 Å². The third kappa shape index (κ3) is 2.12. The van der Waals surface area contributed by atoms with E-state index in [1.807, 2.05) is 0 Å². The Balaban J connectivity index is 3.05. The number of nitrogens with two attached hydrogens (primary N) is 1. The van der Waals surface area contributed by atoms with E-state index in [4.69, 9.17) is 17.3 Å². The fraction of sp³-hybridized carbons (Fsp3) is 0.250. The number of hydrogen-bond acceptors (Lipinski definition) is 2. The number of aromatic hydroxyl groups is 1. The van der Waals surface area contributed by atoms with Gasteiger partial charge in [-0.15, -0.1) is 0 Å². The smallest absolute Gasteiger partial charge is 0.120 e. The van der Waals surface area contributed by atoms with Crippen molar-refractivity contribution in [2.45, 2.75) is 6.42 Å². The van der Waals surface area contributed by atoms with E-state index < -0.39 is 0 Å². The van der Waals surface area contributed by atoms with Gasteiger partial charge in [0.25, 0.3) is 0 Å². The Morgan fingerprint density at radius 3 is 2.75 bits per heavy atom. The number of phenolic OH excluding ortho intramolecular Hbond substituents is 1. The number of rotatable bonds is 2. The molecule has 0 bridgehead atoms. The van der Waals surface area contributed by atoms with Gasteiger partial charge in [0.05, 0.1) is 5.02 Å². The van der Waals surface area contributed by atoms with E-state index in [2.05, 4.69) is 15.9 Å². The molecule has 0 aliphatic heterocycles. The number of halogens is 2. The quantitative estimate of drug-likeness (QED) is 0.846. The predicted molar refractivity (Wildman–Crippen MR) is 53.6 cm³/mol. The molecule has 4 heteroatoms. The maximum absolute atomic E-state index is 9.40. The number of benzene rings is 1. The lowest BCUT2D eigenvalue weighted by Crippen LogP contribution is -2.02. The van der Waals surface area contributed by atoms with Crippen LogP contribution in [-0.2, 0) is 6.42 Å². The average molecular weight is 251 g/mol. The summed E-state index contributed by atoms with van der Waals surface area (Å²) in [6.45, 7) is 0.505. The third-order valence-corrected chi connectivity index (χ3v) is 2.73. The molecule has 3 N–H and O–H groups in total. The van der Waals surface area contributed by atoms with Gasteiger partial charge in [0, 0.05) is 4.47 Å². The van der Waals surface area contributed by atoms with E-state index in [0.29, 0.717) is 22.5 Å². The summed E-state index contributed by atoms with van der Waals surface area (Å²) in [5, 5.41) is 10.00. The second-order valence-corrected chi connectivity index (χ2v) is 3.70. The first-order valence-electron chi connectivity index (χ1n) is 3.52. The molecule has 0 spiro atoms. The Morgan fingerprint density at radius 2 is 2.17 bits per heavy atom. The zero-order valence-electron chi connectivity index (χ0n) is 6.35. The fourth-order valence-electron chi connectivity index (χ4n) is 0.933. The molecule has 0 heterocycles. The van der Waals surface area contributed by atoms with Crippen LogP contribution in [0.2, 0.25) is 5.02 Å². The zero-order valence-corrected chi connectivity index (χ0v) is 8.69. The van der Waals surface area contributed by atoms with Gasteiger partial charge in [-0.1, -0.05) is 11.6 Å². The van der Waals surface area contributed by atoms with Gasteiger partial charge in [-0.3, -0.25) is 0 Å². The normalized spacial score (nSPS) is 10.2. The lowest BCUT2D eigenvalue weighted by atomic mass is 10.1. The third-order valence-electron chi connectivity index (χ3n) is 1.54. The van der Waals surface area contributed by atoms with Crippen LogP contribution < -0.4 is 5.73 Å². The predicted octanol–water partition coefficient (Wildman–Crippen LogP) is 2.31. The van der Waals surface area contributed by atoms with Gasteiger partial charge in [0.2, 0.25) is 0 Å². The minimum absolute atomic E-state index is 0.233. The minimum atomic E-state index is 0.233. The van der Waals surface area contributed by atoms with Crippen molar-refractivity contribution >= 4 is 27.5 Å². The first kappa shape index (κ1) is 9.84. The van der Waals surface area contributed by atoms with E-state index in [1.165, 1.54) is 0 Å². The Morgan fingerprint density at radius 1 is 1.50 bits per heavy atom. The van der Waals surface area contributed by atoms with Gasteiger partial charge in [0.15, 0.2) is 0 Å². The zero-order chi connectivity index (χ0) is 9.14. The SMILES string of the molecule is NCCc1cc(Cl)c(Br)cc1O. The molecule has 1 aromatic rings. The summed E-state index contributed by atoms with van der Waals surface area (Å²) >= 11 is 9.03. The minimum Gasteiger partial charge on any atom is -0.508 e. The van der Waals surface area contributed by atoms with Crippen LogP contribution in [0.1, 0.15) is 5.56 Å². The molecule has 0 atom stereocenters. The molecular formula is C8H9BrClNO. The lowest BCUT2D eigenvalue weighted by molar-refractivity contribution is 0.468. The van der Waals surface area contributed by atoms with Crippen LogP contribution in [0.25, 0.3) is 0 Å². The van der Waals surface area contributed by atoms with Gasteiger partial charge in [-0.2, -0.15) is 0 Å². The van der Waals surface area contributed by atoms with Crippen molar-refractivity contribution in [3.63, 3.8) is 0 Å². The molecule has 0 unspecified atom stereocenters. The van der Waals surface area contributed by atoms with E-state index >= 15 is 0 Å². The maximum Gasteiger partial charge on any atom is 0.120 e. The summed E-state index contributed by atoms with van der Waals surface area (Å²) in [7, 11) is 0. The average Bonchev–Trinajstić information content (AvgIpc) is 2.01. The molecule has 2 nitrogen and oxygen atoms in total. The number of phenols is 1. The molecule has 1 aromatic carbocycles. The Bertz CT molecular complexity index is 291. The van der Waals surface area contributed by atoms with Gasteiger partial charge in [-0.25, -0.2) is 0 Å². The molecule has 0 aliphatic carbocycles. The highest BCUT2D eigenvalue weighted by Gasteiger charge is 2.04. The molecule has 12 heavy (non-hydrogen) atoms. The molecule has 0 aliphatic rings. The van der Waals surface area contributed by atoms with Crippen LogP contribution in [0.3, 0.4) is 0 Å². The highest BCUT2D eigenvalue weighted by Crippen LogP contribution is 2.30. The van der Waals surface area contributed by atoms with Crippen molar-refractivity contribution < 1.29 is 5.11 Å². The summed E-state index contributed by atoms with van der Waals surface area (Å²) in [6, 6.07) is 3.29. The maximum atomic E-state index is 9.40. The molecule has 1 rings (SSSR count). The number of hydrogen-bond donors (Lipinski definition) is 2. The van der Waals surface area contributed by atoms with E-state index in [-0.39, 0.29) is 5.75 Å². The lowest BCUT2D eigenvalue weighted by Gasteiger charge is -2.04. The molecule has 0 aromatic heterocycles. The van der Waals surface area contributed by atoms with Crippen LogP contribution in [0.5, 0.6) is 5.75 Å². The second kappa shape index (κ2) is 4.12.